The average molecular weight is 295 g/mol. The maximum Gasteiger partial charge on any atom is 0.240 e. The summed E-state index contributed by atoms with van der Waals surface area (Å²) in [6.07, 6.45) is 5.25. The second-order valence-corrected chi connectivity index (χ2v) is 7.55. The lowest BCUT2D eigenvalue weighted by atomic mass is 9.98. The molecule has 0 saturated heterocycles. The highest BCUT2D eigenvalue weighted by molar-refractivity contribution is 7.89. The van der Waals surface area contributed by atoms with Gasteiger partial charge in [0.25, 0.3) is 0 Å². The third-order valence-electron chi connectivity index (χ3n) is 4.30. The fraction of sp³-hybridized carbons (Fsp3) is 0.571. The fourth-order valence-corrected chi connectivity index (χ4v) is 3.66. The van der Waals surface area contributed by atoms with Gasteiger partial charge in [0.05, 0.1) is 5.69 Å². The summed E-state index contributed by atoms with van der Waals surface area (Å²) in [7, 11) is -3.76. The second-order valence-electron chi connectivity index (χ2n) is 6.02. The summed E-state index contributed by atoms with van der Waals surface area (Å²) in [6, 6.07) is 4.81. The van der Waals surface area contributed by atoms with Crippen molar-refractivity contribution < 1.29 is 8.42 Å². The van der Waals surface area contributed by atoms with Crippen LogP contribution in [0.4, 0.5) is 11.4 Å². The predicted octanol–water partition coefficient (Wildman–Crippen LogP) is 1.76. The Kier molecular flexibility index (Phi) is 3.38. The number of nitrogens with two attached hydrogens (primary N) is 2. The van der Waals surface area contributed by atoms with Crippen LogP contribution < -0.4 is 16.2 Å². The summed E-state index contributed by atoms with van der Waals surface area (Å²) in [5, 5.41) is 8.53. The molecule has 3 rings (SSSR count). The van der Waals surface area contributed by atoms with E-state index in [9.17, 15) is 8.42 Å². The summed E-state index contributed by atoms with van der Waals surface area (Å²) >= 11 is 0. The van der Waals surface area contributed by atoms with Gasteiger partial charge >= 0.3 is 0 Å². The van der Waals surface area contributed by atoms with E-state index < -0.39 is 10.0 Å². The van der Waals surface area contributed by atoms with Gasteiger partial charge in [-0.2, -0.15) is 0 Å². The van der Waals surface area contributed by atoms with Crippen molar-refractivity contribution >= 4 is 21.4 Å². The van der Waals surface area contributed by atoms with Crippen LogP contribution >= 0.6 is 0 Å². The van der Waals surface area contributed by atoms with Gasteiger partial charge in [-0.3, -0.25) is 0 Å². The molecule has 0 unspecified atom stereocenters. The van der Waals surface area contributed by atoms with E-state index in [0.717, 1.165) is 18.4 Å². The molecule has 0 aromatic heterocycles. The summed E-state index contributed by atoms with van der Waals surface area (Å²) in [5.41, 5.74) is 6.62. The first-order chi connectivity index (χ1) is 9.45. The lowest BCUT2D eigenvalue weighted by Crippen LogP contribution is -2.21. The van der Waals surface area contributed by atoms with Crippen LogP contribution in [0.15, 0.2) is 23.1 Å². The number of benzene rings is 1. The largest absolute Gasteiger partial charge is 0.399 e. The molecule has 110 valence electrons. The Hall–Kier alpha value is -1.27. The summed E-state index contributed by atoms with van der Waals surface area (Å²) in [6.45, 7) is 0.821. The van der Waals surface area contributed by atoms with Crippen LogP contribution in [-0.4, -0.2) is 15.0 Å². The highest BCUT2D eigenvalue weighted by Crippen LogP contribution is 2.49. The van der Waals surface area contributed by atoms with E-state index >= 15 is 0 Å². The molecule has 2 fully saturated rings. The van der Waals surface area contributed by atoms with Crippen molar-refractivity contribution in [2.24, 2.45) is 22.9 Å². The zero-order valence-corrected chi connectivity index (χ0v) is 12.2. The molecule has 0 aliphatic heterocycles. The summed E-state index contributed by atoms with van der Waals surface area (Å²) < 4.78 is 23.3. The zero-order chi connectivity index (χ0) is 14.3. The quantitative estimate of drug-likeness (QED) is 0.696. The van der Waals surface area contributed by atoms with E-state index in [1.807, 2.05) is 0 Å². The van der Waals surface area contributed by atoms with Crippen molar-refractivity contribution in [3.63, 3.8) is 0 Å². The molecule has 0 amide bonds. The molecule has 0 spiro atoms. The van der Waals surface area contributed by atoms with E-state index in [0.29, 0.717) is 17.3 Å². The van der Waals surface area contributed by atoms with Crippen molar-refractivity contribution in [1.82, 2.24) is 0 Å². The Morgan fingerprint density at radius 1 is 1.20 bits per heavy atom. The molecule has 1 aromatic rings. The van der Waals surface area contributed by atoms with Gasteiger partial charge < -0.3 is 11.1 Å². The van der Waals surface area contributed by atoms with E-state index in [2.05, 4.69) is 5.32 Å². The standard InChI is InChI=1S/C14H21N3O2S/c15-11-5-6-13(14(7-11)20(16,18)19)17-8-12(9-1-2-9)10-3-4-10/h5-7,9-10,12,17H,1-4,8,15H2,(H2,16,18,19). The average Bonchev–Trinajstić information content (AvgIpc) is 3.24. The normalized spacial score (nSPS) is 19.3. The SMILES string of the molecule is Nc1ccc(NCC(C2CC2)C2CC2)c(S(N)(=O)=O)c1. The molecule has 2 aliphatic carbocycles. The van der Waals surface area contributed by atoms with Crippen molar-refractivity contribution in [3.8, 4) is 0 Å². The van der Waals surface area contributed by atoms with Gasteiger partial charge in [-0.15, -0.1) is 0 Å². The number of nitrogen functional groups attached to an aromatic ring is 1. The van der Waals surface area contributed by atoms with Gasteiger partial charge in [0.1, 0.15) is 4.90 Å². The molecule has 0 bridgehead atoms. The molecule has 2 aliphatic rings. The van der Waals surface area contributed by atoms with Gasteiger partial charge in [0.2, 0.25) is 10.0 Å². The molecule has 0 atom stereocenters. The van der Waals surface area contributed by atoms with Gasteiger partial charge in [-0.05, 0) is 61.6 Å². The molecule has 5 nitrogen and oxygen atoms in total. The summed E-state index contributed by atoms with van der Waals surface area (Å²) in [5.74, 6) is 2.31. The Morgan fingerprint density at radius 3 is 2.30 bits per heavy atom. The number of rotatable bonds is 6. The summed E-state index contributed by atoms with van der Waals surface area (Å²) in [4.78, 5) is 0.0860. The van der Waals surface area contributed by atoms with Crippen LogP contribution in [0.2, 0.25) is 0 Å². The highest BCUT2D eigenvalue weighted by Gasteiger charge is 2.41. The van der Waals surface area contributed by atoms with Crippen LogP contribution in [0, 0.1) is 17.8 Å². The number of hydrogen-bond acceptors (Lipinski definition) is 4. The van der Waals surface area contributed by atoms with Crippen LogP contribution in [0.25, 0.3) is 0 Å². The third-order valence-corrected chi connectivity index (χ3v) is 5.25. The zero-order valence-electron chi connectivity index (χ0n) is 11.4. The van der Waals surface area contributed by atoms with Crippen molar-refractivity contribution in [1.29, 1.82) is 0 Å². The first-order valence-corrected chi connectivity index (χ1v) is 8.66. The number of primary sulfonamides is 1. The van der Waals surface area contributed by atoms with Crippen LogP contribution in [-0.2, 0) is 10.0 Å². The van der Waals surface area contributed by atoms with Crippen LogP contribution in [0.1, 0.15) is 25.7 Å². The molecular weight excluding hydrogens is 274 g/mol. The van der Waals surface area contributed by atoms with Crippen LogP contribution in [0.5, 0.6) is 0 Å². The Morgan fingerprint density at radius 2 is 1.80 bits per heavy atom. The van der Waals surface area contributed by atoms with Gasteiger partial charge in [0, 0.05) is 12.2 Å². The monoisotopic (exact) mass is 295 g/mol. The van der Waals surface area contributed by atoms with Crippen molar-refractivity contribution in [2.75, 3.05) is 17.6 Å². The highest BCUT2D eigenvalue weighted by atomic mass is 32.2. The third kappa shape index (κ3) is 3.07. The van der Waals surface area contributed by atoms with Gasteiger partial charge in [0.15, 0.2) is 0 Å². The molecule has 1 aromatic carbocycles. The minimum atomic E-state index is -3.76. The topological polar surface area (TPSA) is 98.2 Å². The number of nitrogens with one attached hydrogen (secondary N) is 1. The predicted molar refractivity (Wildman–Crippen MR) is 79.7 cm³/mol. The van der Waals surface area contributed by atoms with E-state index in [1.165, 1.54) is 31.7 Å². The maximum atomic E-state index is 11.6. The fourth-order valence-electron chi connectivity index (χ4n) is 2.92. The molecule has 2 saturated carbocycles. The number of sulfonamides is 1. The van der Waals surface area contributed by atoms with E-state index in [1.54, 1.807) is 12.1 Å². The number of anilines is 2. The van der Waals surface area contributed by atoms with Crippen molar-refractivity contribution in [3.05, 3.63) is 18.2 Å². The lowest BCUT2D eigenvalue weighted by Gasteiger charge is -2.18. The first kappa shape index (κ1) is 13.7. The molecule has 0 heterocycles. The van der Waals surface area contributed by atoms with E-state index in [-0.39, 0.29) is 4.90 Å². The lowest BCUT2D eigenvalue weighted by molar-refractivity contribution is 0.428. The smallest absolute Gasteiger partial charge is 0.240 e. The van der Waals surface area contributed by atoms with E-state index in [4.69, 9.17) is 10.9 Å². The Labute approximate surface area is 119 Å². The molecule has 6 heteroatoms. The molecule has 20 heavy (non-hydrogen) atoms. The Bertz CT molecular complexity index is 595. The first-order valence-electron chi connectivity index (χ1n) is 7.11. The van der Waals surface area contributed by atoms with Gasteiger partial charge in [-0.1, -0.05) is 0 Å². The van der Waals surface area contributed by atoms with Crippen molar-refractivity contribution in [2.45, 2.75) is 30.6 Å². The van der Waals surface area contributed by atoms with Gasteiger partial charge in [-0.25, -0.2) is 13.6 Å². The second kappa shape index (κ2) is 4.93. The maximum absolute atomic E-state index is 11.6. The van der Waals surface area contributed by atoms with Crippen LogP contribution in [0.3, 0.4) is 0 Å². The Balaban J connectivity index is 1.76. The molecular formula is C14H21N3O2S. The minimum Gasteiger partial charge on any atom is -0.399 e. The minimum absolute atomic E-state index is 0.0860. The molecule has 0 radical (unpaired) electrons. The molecule has 5 N–H and O–H groups in total. The number of hydrogen-bond donors (Lipinski definition) is 3.